The van der Waals surface area contributed by atoms with E-state index in [4.69, 9.17) is 0 Å². The zero-order valence-corrected chi connectivity index (χ0v) is 13.1. The van der Waals surface area contributed by atoms with Gasteiger partial charge in [-0.25, -0.2) is 4.39 Å². The Bertz CT molecular complexity index is 526. The second-order valence-electron chi connectivity index (χ2n) is 5.81. The summed E-state index contributed by atoms with van der Waals surface area (Å²) in [6, 6.07) is 5.92. The van der Waals surface area contributed by atoms with Crippen molar-refractivity contribution in [1.29, 1.82) is 0 Å². The van der Waals surface area contributed by atoms with E-state index in [-0.39, 0.29) is 29.5 Å². The van der Waals surface area contributed by atoms with Gasteiger partial charge < -0.3 is 10.2 Å². The highest BCUT2D eigenvalue weighted by Gasteiger charge is 2.31. The standard InChI is InChI=1S/C17H23FN2O2/c1-3-13(4-2)17(22)19-10-12-9-16(21)20(11-12)15-7-5-14(18)6-8-15/h5-8,12-13H,3-4,9-11H2,1-2H3,(H,19,22). The fraction of sp³-hybridized carbons (Fsp3) is 0.529. The van der Waals surface area contributed by atoms with Crippen LogP contribution in [0, 0.1) is 17.7 Å². The van der Waals surface area contributed by atoms with Crippen LogP contribution in [-0.2, 0) is 9.59 Å². The average molecular weight is 306 g/mol. The first-order valence-electron chi connectivity index (χ1n) is 7.88. The molecule has 1 unspecified atom stereocenters. The van der Waals surface area contributed by atoms with Crippen LogP contribution in [0.4, 0.5) is 10.1 Å². The van der Waals surface area contributed by atoms with E-state index in [1.54, 1.807) is 17.0 Å². The molecule has 1 aliphatic rings. The van der Waals surface area contributed by atoms with Crippen LogP contribution in [0.1, 0.15) is 33.1 Å². The van der Waals surface area contributed by atoms with Gasteiger partial charge in [-0.3, -0.25) is 9.59 Å². The van der Waals surface area contributed by atoms with Gasteiger partial charge in [0, 0.05) is 37.0 Å². The van der Waals surface area contributed by atoms with E-state index in [0.717, 1.165) is 12.8 Å². The SMILES string of the molecule is CCC(CC)C(=O)NCC1CC(=O)N(c2ccc(F)cc2)C1. The third-order valence-corrected chi connectivity index (χ3v) is 4.26. The maximum atomic E-state index is 12.9. The molecule has 1 saturated heterocycles. The molecule has 1 heterocycles. The molecule has 5 heteroatoms. The molecule has 4 nitrogen and oxygen atoms in total. The van der Waals surface area contributed by atoms with Gasteiger partial charge in [-0.1, -0.05) is 13.8 Å². The van der Waals surface area contributed by atoms with Crippen molar-refractivity contribution in [2.45, 2.75) is 33.1 Å². The number of anilines is 1. The van der Waals surface area contributed by atoms with Crippen molar-refractivity contribution < 1.29 is 14.0 Å². The Morgan fingerprint density at radius 1 is 1.32 bits per heavy atom. The predicted octanol–water partition coefficient (Wildman–Crippen LogP) is 2.73. The Morgan fingerprint density at radius 3 is 2.55 bits per heavy atom. The Morgan fingerprint density at radius 2 is 1.95 bits per heavy atom. The van der Waals surface area contributed by atoms with Crippen LogP contribution in [0.25, 0.3) is 0 Å². The molecule has 2 rings (SSSR count). The summed E-state index contributed by atoms with van der Waals surface area (Å²) in [5.41, 5.74) is 0.709. The van der Waals surface area contributed by atoms with E-state index in [1.807, 2.05) is 13.8 Å². The van der Waals surface area contributed by atoms with Crippen LogP contribution < -0.4 is 10.2 Å². The van der Waals surface area contributed by atoms with E-state index in [0.29, 0.717) is 25.2 Å². The highest BCUT2D eigenvalue weighted by atomic mass is 19.1. The molecule has 120 valence electrons. The largest absolute Gasteiger partial charge is 0.356 e. The summed E-state index contributed by atoms with van der Waals surface area (Å²) in [6.07, 6.45) is 2.07. The monoisotopic (exact) mass is 306 g/mol. The van der Waals surface area contributed by atoms with Crippen molar-refractivity contribution >= 4 is 17.5 Å². The van der Waals surface area contributed by atoms with E-state index in [9.17, 15) is 14.0 Å². The number of hydrogen-bond acceptors (Lipinski definition) is 2. The first-order chi connectivity index (χ1) is 10.5. The third kappa shape index (κ3) is 3.84. The fourth-order valence-electron chi connectivity index (χ4n) is 2.84. The zero-order valence-electron chi connectivity index (χ0n) is 13.1. The smallest absolute Gasteiger partial charge is 0.227 e. The topological polar surface area (TPSA) is 49.4 Å². The normalized spacial score (nSPS) is 18.1. The van der Waals surface area contributed by atoms with Crippen molar-refractivity contribution in [2.75, 3.05) is 18.0 Å². The molecule has 1 N–H and O–H groups in total. The van der Waals surface area contributed by atoms with Crippen LogP contribution in [0.5, 0.6) is 0 Å². The van der Waals surface area contributed by atoms with Gasteiger partial charge in [0.25, 0.3) is 0 Å². The van der Waals surface area contributed by atoms with Crippen LogP contribution in [0.2, 0.25) is 0 Å². The van der Waals surface area contributed by atoms with Crippen LogP contribution in [0.3, 0.4) is 0 Å². The zero-order chi connectivity index (χ0) is 16.1. The second-order valence-corrected chi connectivity index (χ2v) is 5.81. The van der Waals surface area contributed by atoms with E-state index < -0.39 is 0 Å². The molecule has 1 aromatic carbocycles. The van der Waals surface area contributed by atoms with Crippen LogP contribution in [0.15, 0.2) is 24.3 Å². The lowest BCUT2D eigenvalue weighted by molar-refractivity contribution is -0.125. The number of carbonyl (C=O) groups excluding carboxylic acids is 2. The molecular weight excluding hydrogens is 283 g/mol. The van der Waals surface area contributed by atoms with Crippen LogP contribution >= 0.6 is 0 Å². The van der Waals surface area contributed by atoms with Crippen molar-refractivity contribution in [3.63, 3.8) is 0 Å². The molecule has 0 aromatic heterocycles. The Labute approximate surface area is 130 Å². The molecule has 0 saturated carbocycles. The molecule has 22 heavy (non-hydrogen) atoms. The average Bonchev–Trinajstić information content (AvgIpc) is 2.88. The number of benzene rings is 1. The lowest BCUT2D eigenvalue weighted by Gasteiger charge is -2.18. The van der Waals surface area contributed by atoms with Gasteiger partial charge in [-0.2, -0.15) is 0 Å². The van der Waals surface area contributed by atoms with Gasteiger partial charge in [0.2, 0.25) is 11.8 Å². The molecule has 0 radical (unpaired) electrons. The molecule has 1 atom stereocenters. The number of hydrogen-bond donors (Lipinski definition) is 1. The van der Waals surface area contributed by atoms with Crippen molar-refractivity contribution in [3.8, 4) is 0 Å². The molecule has 1 fully saturated rings. The highest BCUT2D eigenvalue weighted by Crippen LogP contribution is 2.25. The van der Waals surface area contributed by atoms with Crippen LogP contribution in [-0.4, -0.2) is 24.9 Å². The van der Waals surface area contributed by atoms with E-state index >= 15 is 0 Å². The lowest BCUT2D eigenvalue weighted by atomic mass is 10.0. The highest BCUT2D eigenvalue weighted by molar-refractivity contribution is 5.95. The van der Waals surface area contributed by atoms with Crippen molar-refractivity contribution in [2.24, 2.45) is 11.8 Å². The summed E-state index contributed by atoms with van der Waals surface area (Å²) < 4.78 is 12.9. The predicted molar refractivity (Wildman–Crippen MR) is 83.9 cm³/mol. The quantitative estimate of drug-likeness (QED) is 0.878. The molecule has 1 aromatic rings. The van der Waals surface area contributed by atoms with Gasteiger partial charge in [-0.05, 0) is 37.1 Å². The molecular formula is C17H23FN2O2. The molecule has 0 aliphatic carbocycles. The first kappa shape index (κ1) is 16.5. The van der Waals surface area contributed by atoms with Gasteiger partial charge in [0.05, 0.1) is 0 Å². The van der Waals surface area contributed by atoms with Crippen molar-refractivity contribution in [3.05, 3.63) is 30.1 Å². The third-order valence-electron chi connectivity index (χ3n) is 4.26. The fourth-order valence-corrected chi connectivity index (χ4v) is 2.84. The summed E-state index contributed by atoms with van der Waals surface area (Å²) in [4.78, 5) is 25.7. The number of rotatable bonds is 6. The number of amides is 2. The number of carbonyl (C=O) groups is 2. The summed E-state index contributed by atoms with van der Waals surface area (Å²) >= 11 is 0. The lowest BCUT2D eigenvalue weighted by Crippen LogP contribution is -2.35. The van der Waals surface area contributed by atoms with Gasteiger partial charge in [-0.15, -0.1) is 0 Å². The molecule has 0 bridgehead atoms. The van der Waals surface area contributed by atoms with Gasteiger partial charge in [0.15, 0.2) is 0 Å². The van der Waals surface area contributed by atoms with E-state index in [1.165, 1.54) is 12.1 Å². The molecule has 1 aliphatic heterocycles. The van der Waals surface area contributed by atoms with Gasteiger partial charge in [0.1, 0.15) is 5.82 Å². The number of nitrogens with zero attached hydrogens (tertiary/aromatic N) is 1. The first-order valence-corrected chi connectivity index (χ1v) is 7.88. The minimum absolute atomic E-state index is 0.0217. The maximum absolute atomic E-state index is 12.9. The second kappa shape index (κ2) is 7.38. The minimum Gasteiger partial charge on any atom is -0.356 e. The number of nitrogens with one attached hydrogen (secondary N) is 1. The van der Waals surface area contributed by atoms with Crippen molar-refractivity contribution in [1.82, 2.24) is 5.32 Å². The maximum Gasteiger partial charge on any atom is 0.227 e. The van der Waals surface area contributed by atoms with E-state index in [2.05, 4.69) is 5.32 Å². The number of halogens is 1. The Hall–Kier alpha value is -1.91. The summed E-state index contributed by atoms with van der Waals surface area (Å²) in [5.74, 6) is -0.0726. The Kier molecular flexibility index (Phi) is 5.52. The molecule has 2 amide bonds. The summed E-state index contributed by atoms with van der Waals surface area (Å²) in [6.45, 7) is 5.08. The van der Waals surface area contributed by atoms with Gasteiger partial charge >= 0.3 is 0 Å². The molecule has 0 spiro atoms. The summed E-state index contributed by atoms with van der Waals surface area (Å²) in [7, 11) is 0. The Balaban J connectivity index is 1.90. The minimum atomic E-state index is -0.315. The summed E-state index contributed by atoms with van der Waals surface area (Å²) in [5, 5.41) is 2.95.